The maximum Gasteiger partial charge on any atom is 0.429 e. The van der Waals surface area contributed by atoms with E-state index in [-0.39, 0.29) is 56.0 Å². The highest BCUT2D eigenvalue weighted by molar-refractivity contribution is 5.85. The molecule has 1 fully saturated rings. The van der Waals surface area contributed by atoms with Gasteiger partial charge in [-0.1, -0.05) is 24.3 Å². The van der Waals surface area contributed by atoms with Gasteiger partial charge < -0.3 is 24.4 Å². The zero-order valence-corrected chi connectivity index (χ0v) is 27.7. The highest BCUT2D eigenvalue weighted by Gasteiger charge is 2.49. The van der Waals surface area contributed by atoms with Crippen LogP contribution >= 0.6 is 0 Å². The van der Waals surface area contributed by atoms with Crippen LogP contribution in [0.15, 0.2) is 78.9 Å². The minimum atomic E-state index is -4.35. The molecule has 0 bridgehead atoms. The number of halogens is 8. The molecule has 3 aromatic carbocycles. The average Bonchev–Trinajstić information content (AvgIpc) is 3.09. The van der Waals surface area contributed by atoms with Crippen molar-refractivity contribution in [2.75, 3.05) is 6.61 Å². The smallest absolute Gasteiger partial charge is 0.429 e. The normalized spacial score (nSPS) is 16.4. The summed E-state index contributed by atoms with van der Waals surface area (Å²) in [4.78, 5) is 20.9. The summed E-state index contributed by atoms with van der Waals surface area (Å²) in [6.07, 6.45) is -7.88. The molecule has 3 aromatic rings. The first kappa shape index (κ1) is 41.8. The lowest BCUT2D eigenvalue weighted by Gasteiger charge is -2.33. The number of aliphatic carboxylic acids is 2. The number of carboxylic acids is 2. The zero-order chi connectivity index (χ0) is 39.2. The summed E-state index contributed by atoms with van der Waals surface area (Å²) in [6, 6.07) is 15.4. The van der Waals surface area contributed by atoms with Crippen LogP contribution in [0.25, 0.3) is 12.2 Å². The lowest BCUT2D eigenvalue weighted by molar-refractivity contribution is -0.237. The van der Waals surface area contributed by atoms with E-state index in [1.54, 1.807) is 0 Å². The van der Waals surface area contributed by atoms with Crippen LogP contribution in [0.1, 0.15) is 55.2 Å². The number of hydrogen-bond donors (Lipinski definition) is 2. The SMILES string of the molecule is N#CCCCOc1ccc(C(F)(F)Oc2ccc(/C=C/C(=O)O)cc2)c(F)c1.O=C(O)/C=C/c1ccc(OC(F)(F)C2CCC(C(F)(F)F)CC2)cc1. The van der Waals surface area contributed by atoms with Gasteiger partial charge in [-0.2, -0.15) is 36.0 Å². The van der Waals surface area contributed by atoms with Crippen LogP contribution < -0.4 is 14.2 Å². The highest BCUT2D eigenvalue weighted by Crippen LogP contribution is 2.45. The molecule has 4 rings (SSSR count). The van der Waals surface area contributed by atoms with Gasteiger partial charge in [-0.05, 0) is 91.8 Å². The van der Waals surface area contributed by atoms with Crippen LogP contribution in [0.2, 0.25) is 0 Å². The minimum absolute atomic E-state index is 0.0737. The molecule has 0 heterocycles. The topological polar surface area (TPSA) is 126 Å². The van der Waals surface area contributed by atoms with E-state index in [4.69, 9.17) is 20.2 Å². The second-order valence-corrected chi connectivity index (χ2v) is 11.6. The van der Waals surface area contributed by atoms with Gasteiger partial charge in [-0.15, -0.1) is 0 Å². The molecule has 0 unspecified atom stereocenters. The maximum atomic E-state index is 14.3. The van der Waals surface area contributed by atoms with Gasteiger partial charge in [-0.25, -0.2) is 14.0 Å². The van der Waals surface area contributed by atoms with Crippen molar-refractivity contribution in [1.82, 2.24) is 0 Å². The molecule has 0 radical (unpaired) electrons. The lowest BCUT2D eigenvalue weighted by Crippen LogP contribution is -2.39. The van der Waals surface area contributed by atoms with Gasteiger partial charge in [0.15, 0.2) is 0 Å². The Kier molecular flexibility index (Phi) is 14.8. The second kappa shape index (κ2) is 18.8. The molecule has 8 nitrogen and oxygen atoms in total. The first-order valence-corrected chi connectivity index (χ1v) is 15.9. The summed E-state index contributed by atoms with van der Waals surface area (Å²) in [6.45, 7) is 0.169. The molecule has 0 atom stereocenters. The number of rotatable bonds is 14. The number of hydrogen-bond acceptors (Lipinski definition) is 6. The van der Waals surface area contributed by atoms with Crippen LogP contribution in [0, 0.1) is 29.0 Å². The Morgan fingerprint density at radius 3 is 1.66 bits per heavy atom. The van der Waals surface area contributed by atoms with E-state index in [1.165, 1.54) is 66.7 Å². The van der Waals surface area contributed by atoms with Crippen molar-refractivity contribution in [1.29, 1.82) is 5.26 Å². The van der Waals surface area contributed by atoms with Crippen LogP contribution in [0.4, 0.5) is 35.1 Å². The number of carbonyl (C=O) groups is 2. The number of carboxylic acid groups (broad SMARTS) is 2. The Labute approximate surface area is 298 Å². The van der Waals surface area contributed by atoms with E-state index in [2.05, 4.69) is 9.47 Å². The molecular weight excluding hydrogens is 722 g/mol. The Hall–Kier alpha value is -5.59. The van der Waals surface area contributed by atoms with Gasteiger partial charge in [0.05, 0.1) is 24.5 Å². The van der Waals surface area contributed by atoms with Crippen LogP contribution in [0.5, 0.6) is 17.2 Å². The molecule has 2 N–H and O–H groups in total. The van der Waals surface area contributed by atoms with Gasteiger partial charge in [0.2, 0.25) is 0 Å². The fourth-order valence-electron chi connectivity index (χ4n) is 4.99. The van der Waals surface area contributed by atoms with Gasteiger partial charge in [-0.3, -0.25) is 0 Å². The van der Waals surface area contributed by atoms with Crippen molar-refractivity contribution in [3.63, 3.8) is 0 Å². The van der Waals surface area contributed by atoms with E-state index in [0.29, 0.717) is 17.5 Å². The fraction of sp³-hybridized carbons (Fsp3) is 0.324. The van der Waals surface area contributed by atoms with Crippen molar-refractivity contribution >= 4 is 24.1 Å². The van der Waals surface area contributed by atoms with Crippen LogP contribution in [-0.2, 0) is 15.7 Å². The van der Waals surface area contributed by atoms with Gasteiger partial charge in [0.1, 0.15) is 28.6 Å². The van der Waals surface area contributed by atoms with Crippen molar-refractivity contribution < 1.29 is 69.1 Å². The Morgan fingerprint density at radius 1 is 0.736 bits per heavy atom. The summed E-state index contributed by atoms with van der Waals surface area (Å²) in [5.41, 5.74) is 0.0117. The van der Waals surface area contributed by atoms with Crippen LogP contribution in [0.3, 0.4) is 0 Å². The summed E-state index contributed by atoms with van der Waals surface area (Å²) in [5, 5.41) is 25.5. The summed E-state index contributed by atoms with van der Waals surface area (Å²) >= 11 is 0. The molecule has 0 spiro atoms. The molecule has 0 amide bonds. The Morgan fingerprint density at radius 2 is 1.21 bits per heavy atom. The summed E-state index contributed by atoms with van der Waals surface area (Å²) < 4.78 is 123. The zero-order valence-electron chi connectivity index (χ0n) is 27.7. The van der Waals surface area contributed by atoms with E-state index in [9.17, 15) is 44.7 Å². The molecule has 16 heteroatoms. The highest BCUT2D eigenvalue weighted by atomic mass is 19.4. The number of benzene rings is 3. The lowest BCUT2D eigenvalue weighted by atomic mass is 9.81. The van der Waals surface area contributed by atoms with Crippen molar-refractivity contribution in [2.24, 2.45) is 11.8 Å². The quantitative estimate of drug-likeness (QED) is 0.0947. The third kappa shape index (κ3) is 13.8. The molecule has 0 saturated heterocycles. The average molecular weight is 756 g/mol. The van der Waals surface area contributed by atoms with Crippen molar-refractivity contribution in [3.05, 3.63) is 101 Å². The van der Waals surface area contributed by atoms with Gasteiger partial charge >= 0.3 is 30.3 Å². The molecule has 1 aliphatic rings. The molecule has 1 aliphatic carbocycles. The Bertz CT molecular complexity index is 1760. The van der Waals surface area contributed by atoms with E-state index >= 15 is 0 Å². The first-order chi connectivity index (χ1) is 24.9. The Balaban J connectivity index is 0.000000287. The molecule has 0 aliphatic heterocycles. The number of nitriles is 1. The van der Waals surface area contributed by atoms with Crippen LogP contribution in [-0.4, -0.2) is 41.0 Å². The van der Waals surface area contributed by atoms with E-state index in [0.717, 1.165) is 24.3 Å². The van der Waals surface area contributed by atoms with Gasteiger partial charge in [0, 0.05) is 24.6 Å². The second-order valence-electron chi connectivity index (χ2n) is 11.6. The fourth-order valence-corrected chi connectivity index (χ4v) is 4.99. The van der Waals surface area contributed by atoms with E-state index in [1.807, 2.05) is 6.07 Å². The van der Waals surface area contributed by atoms with E-state index < -0.39 is 53.5 Å². The molecule has 1 saturated carbocycles. The van der Waals surface area contributed by atoms with Crippen molar-refractivity contribution in [2.45, 2.75) is 56.9 Å². The summed E-state index contributed by atoms with van der Waals surface area (Å²) in [7, 11) is 0. The number of unbranched alkanes of at least 4 members (excludes halogenated alkanes) is 1. The monoisotopic (exact) mass is 755 g/mol. The maximum absolute atomic E-state index is 14.3. The number of alkyl halides is 7. The summed E-state index contributed by atoms with van der Waals surface area (Å²) in [5.74, 6) is -6.53. The third-order valence-corrected chi connectivity index (χ3v) is 7.72. The third-order valence-electron chi connectivity index (χ3n) is 7.72. The van der Waals surface area contributed by atoms with Gasteiger partial charge in [0.25, 0.3) is 0 Å². The largest absolute Gasteiger partial charge is 0.493 e. The molecule has 284 valence electrons. The number of nitrogens with zero attached hydrogens (tertiary/aromatic N) is 1. The van der Waals surface area contributed by atoms with Crippen molar-refractivity contribution in [3.8, 4) is 23.3 Å². The molecule has 53 heavy (non-hydrogen) atoms. The molecule has 0 aromatic heterocycles. The number of ether oxygens (including phenoxy) is 3. The molecular formula is C37H33F8NO7. The minimum Gasteiger partial charge on any atom is -0.493 e. The standard InChI is InChI=1S/C20H16F3NO4.C17H17F5O3/c21-18-13-16(27-12-2-1-11-24)8-9-17(18)20(22,23)28-15-6-3-14(4-7-15)5-10-19(25)26;18-16(19,20)12-4-6-13(7-5-12)17(21,22)25-14-8-1-11(2-9-14)3-10-15(23)24/h3-10,13H,1-2,12H2,(H,25,26);1-3,8-10,12-13H,4-7H2,(H,23,24)/b10-5+;10-3+. The predicted molar refractivity (Wildman–Crippen MR) is 175 cm³/mol. The predicted octanol–water partition coefficient (Wildman–Crippen LogP) is 9.86. The first-order valence-electron chi connectivity index (χ1n) is 15.9.